The lowest BCUT2D eigenvalue weighted by Crippen LogP contribution is -2.13. The number of ether oxygens (including phenoxy) is 3. The summed E-state index contributed by atoms with van der Waals surface area (Å²) in [7, 11) is 1.55. The third-order valence-corrected chi connectivity index (χ3v) is 4.91. The quantitative estimate of drug-likeness (QED) is 0.234. The Hall–Kier alpha value is -2.95. The molecule has 0 spiro atoms. The number of rotatable bonds is 12. The summed E-state index contributed by atoms with van der Waals surface area (Å²) in [6.07, 6.45) is 4.88. The van der Waals surface area contributed by atoms with Gasteiger partial charge in [0.25, 0.3) is 0 Å². The zero-order valence-corrected chi connectivity index (χ0v) is 19.6. The van der Waals surface area contributed by atoms with Crippen molar-refractivity contribution < 1.29 is 19.0 Å². The lowest BCUT2D eigenvalue weighted by molar-refractivity contribution is 0.213. The average Bonchev–Trinajstić information content (AvgIpc) is 2.75. The largest absolute Gasteiger partial charge is 0.493 e. The van der Waals surface area contributed by atoms with Gasteiger partial charge in [-0.1, -0.05) is 24.2 Å². The highest BCUT2D eigenvalue weighted by molar-refractivity contribution is 5.98. The Morgan fingerprint density at radius 3 is 2.29 bits per heavy atom. The van der Waals surface area contributed by atoms with Gasteiger partial charge in [-0.25, -0.2) is 0 Å². The fraction of sp³-hybridized carbons (Fsp3) is 0.423. The van der Waals surface area contributed by atoms with E-state index in [0.29, 0.717) is 25.7 Å². The van der Waals surface area contributed by atoms with Crippen molar-refractivity contribution in [1.82, 2.24) is 0 Å². The Morgan fingerprint density at radius 2 is 1.68 bits per heavy atom. The molecule has 0 aliphatic heterocycles. The van der Waals surface area contributed by atoms with Crippen molar-refractivity contribution in [2.24, 2.45) is 11.1 Å². The van der Waals surface area contributed by atoms with Crippen molar-refractivity contribution in [2.75, 3.05) is 26.9 Å². The molecule has 0 heterocycles. The van der Waals surface area contributed by atoms with Gasteiger partial charge in [0.1, 0.15) is 31.0 Å². The summed E-state index contributed by atoms with van der Waals surface area (Å²) in [6, 6.07) is 11.9. The smallest absolute Gasteiger partial charge is 0.125 e. The predicted octanol–water partition coefficient (Wildman–Crippen LogP) is 6.11. The maximum atomic E-state index is 6.09. The molecule has 1 atom stereocenters. The van der Waals surface area contributed by atoms with E-state index in [1.165, 1.54) is 0 Å². The fourth-order valence-electron chi connectivity index (χ4n) is 3.13. The molecular weight excluding hydrogens is 390 g/mol. The molecule has 0 saturated heterocycles. The molecule has 0 saturated carbocycles. The summed E-state index contributed by atoms with van der Waals surface area (Å²) in [5.74, 6) is 3.04. The SMILES string of the molecule is C/C=C/COc1cc(C)c(OCCC(C)COc2ccc(/C(C)=N/OC)cc2)c(C)c1. The van der Waals surface area contributed by atoms with Crippen LogP contribution in [0.3, 0.4) is 0 Å². The number of nitrogens with zero attached hydrogens (tertiary/aromatic N) is 1. The second-order valence-electron chi connectivity index (χ2n) is 7.70. The second-order valence-corrected chi connectivity index (χ2v) is 7.70. The van der Waals surface area contributed by atoms with Crippen molar-refractivity contribution in [3.8, 4) is 17.2 Å². The van der Waals surface area contributed by atoms with Gasteiger partial charge in [-0.3, -0.25) is 0 Å². The van der Waals surface area contributed by atoms with Crippen LogP contribution < -0.4 is 14.2 Å². The van der Waals surface area contributed by atoms with Crippen LogP contribution in [0.1, 0.15) is 43.9 Å². The van der Waals surface area contributed by atoms with E-state index in [9.17, 15) is 0 Å². The first kappa shape index (κ1) is 24.3. The molecule has 2 aromatic carbocycles. The van der Waals surface area contributed by atoms with Crippen molar-refractivity contribution in [1.29, 1.82) is 0 Å². The summed E-state index contributed by atoms with van der Waals surface area (Å²) in [6.45, 7) is 12.1. The minimum absolute atomic E-state index is 0.375. The van der Waals surface area contributed by atoms with Gasteiger partial charge < -0.3 is 19.0 Å². The maximum absolute atomic E-state index is 6.09. The zero-order valence-electron chi connectivity index (χ0n) is 19.6. The van der Waals surface area contributed by atoms with Crippen LogP contribution in [0, 0.1) is 19.8 Å². The van der Waals surface area contributed by atoms with Gasteiger partial charge in [-0.15, -0.1) is 0 Å². The standard InChI is InChI=1S/C26H35NO4/c1-7-8-14-29-25-16-20(3)26(21(4)17-25)30-15-13-19(2)18-31-24-11-9-23(10-12-24)22(5)27-28-6/h7-12,16-17,19H,13-15,18H2,1-6H3/b8-7+,27-22+. The van der Waals surface area contributed by atoms with Crippen molar-refractivity contribution in [3.05, 3.63) is 65.2 Å². The van der Waals surface area contributed by atoms with Gasteiger partial charge in [0.05, 0.1) is 18.9 Å². The van der Waals surface area contributed by atoms with Gasteiger partial charge in [-0.2, -0.15) is 0 Å². The molecular formula is C26H35NO4. The van der Waals surface area contributed by atoms with E-state index in [4.69, 9.17) is 19.0 Å². The van der Waals surface area contributed by atoms with Crippen LogP contribution in [-0.2, 0) is 4.84 Å². The van der Waals surface area contributed by atoms with E-state index in [0.717, 1.165) is 46.1 Å². The number of hydrogen-bond donors (Lipinski definition) is 0. The van der Waals surface area contributed by atoms with E-state index < -0.39 is 0 Å². The topological polar surface area (TPSA) is 49.3 Å². The normalized spacial score (nSPS) is 12.6. The molecule has 0 radical (unpaired) electrons. The molecule has 2 aromatic rings. The highest BCUT2D eigenvalue weighted by Crippen LogP contribution is 2.29. The Labute approximate surface area is 186 Å². The molecule has 0 N–H and O–H groups in total. The molecule has 0 bridgehead atoms. The summed E-state index contributed by atoms with van der Waals surface area (Å²) in [5.41, 5.74) is 4.03. The lowest BCUT2D eigenvalue weighted by Gasteiger charge is -2.17. The minimum Gasteiger partial charge on any atom is -0.493 e. The van der Waals surface area contributed by atoms with E-state index in [-0.39, 0.29) is 0 Å². The van der Waals surface area contributed by atoms with E-state index >= 15 is 0 Å². The van der Waals surface area contributed by atoms with E-state index in [1.54, 1.807) is 7.11 Å². The average molecular weight is 426 g/mol. The van der Waals surface area contributed by atoms with Crippen LogP contribution in [0.25, 0.3) is 0 Å². The van der Waals surface area contributed by atoms with Crippen molar-refractivity contribution in [3.63, 3.8) is 0 Å². The van der Waals surface area contributed by atoms with Crippen LogP contribution in [0.2, 0.25) is 0 Å². The Morgan fingerprint density at radius 1 is 1.00 bits per heavy atom. The Bertz CT molecular complexity index is 848. The summed E-state index contributed by atoms with van der Waals surface area (Å²) >= 11 is 0. The van der Waals surface area contributed by atoms with Gasteiger partial charge in [0.15, 0.2) is 0 Å². The summed E-state index contributed by atoms with van der Waals surface area (Å²) in [5, 5.41) is 3.94. The molecule has 168 valence electrons. The van der Waals surface area contributed by atoms with Crippen LogP contribution in [0.4, 0.5) is 0 Å². The monoisotopic (exact) mass is 425 g/mol. The molecule has 31 heavy (non-hydrogen) atoms. The van der Waals surface area contributed by atoms with Gasteiger partial charge in [-0.05, 0) is 93.1 Å². The predicted molar refractivity (Wildman–Crippen MR) is 127 cm³/mol. The highest BCUT2D eigenvalue weighted by atomic mass is 16.6. The lowest BCUT2D eigenvalue weighted by atomic mass is 10.1. The van der Waals surface area contributed by atoms with E-state index in [1.807, 2.05) is 62.4 Å². The molecule has 0 aliphatic carbocycles. The maximum Gasteiger partial charge on any atom is 0.125 e. The molecule has 0 fully saturated rings. The molecule has 0 amide bonds. The molecule has 2 rings (SSSR count). The van der Waals surface area contributed by atoms with Gasteiger partial charge in [0.2, 0.25) is 0 Å². The fourth-order valence-corrected chi connectivity index (χ4v) is 3.13. The van der Waals surface area contributed by atoms with Crippen LogP contribution in [0.5, 0.6) is 17.2 Å². The van der Waals surface area contributed by atoms with Crippen LogP contribution >= 0.6 is 0 Å². The summed E-state index contributed by atoms with van der Waals surface area (Å²) < 4.78 is 17.8. The summed E-state index contributed by atoms with van der Waals surface area (Å²) in [4.78, 5) is 4.81. The van der Waals surface area contributed by atoms with Crippen molar-refractivity contribution in [2.45, 2.75) is 41.0 Å². The Kier molecular flexibility index (Phi) is 9.95. The first-order valence-electron chi connectivity index (χ1n) is 10.7. The van der Waals surface area contributed by atoms with Crippen molar-refractivity contribution >= 4 is 5.71 Å². The van der Waals surface area contributed by atoms with E-state index in [2.05, 4.69) is 25.9 Å². The minimum atomic E-state index is 0.375. The third-order valence-electron chi connectivity index (χ3n) is 4.91. The van der Waals surface area contributed by atoms with Gasteiger partial charge in [0, 0.05) is 0 Å². The first-order valence-corrected chi connectivity index (χ1v) is 10.7. The number of hydrogen-bond acceptors (Lipinski definition) is 5. The molecule has 1 unspecified atom stereocenters. The highest BCUT2D eigenvalue weighted by Gasteiger charge is 2.10. The Balaban J connectivity index is 1.79. The number of oxime groups is 1. The molecule has 0 aromatic heterocycles. The third kappa shape index (κ3) is 8.00. The number of allylic oxidation sites excluding steroid dienone is 1. The molecule has 5 heteroatoms. The number of aryl methyl sites for hydroxylation is 2. The zero-order chi connectivity index (χ0) is 22.6. The molecule has 0 aliphatic rings. The van der Waals surface area contributed by atoms with Crippen LogP contribution in [-0.4, -0.2) is 32.6 Å². The van der Waals surface area contributed by atoms with Crippen LogP contribution in [0.15, 0.2) is 53.7 Å². The van der Waals surface area contributed by atoms with Gasteiger partial charge >= 0.3 is 0 Å². The molecule has 5 nitrogen and oxygen atoms in total. The first-order chi connectivity index (χ1) is 14.9. The number of benzene rings is 2. The second kappa shape index (κ2) is 12.7.